The van der Waals surface area contributed by atoms with Gasteiger partial charge in [0.1, 0.15) is 11.0 Å². The Labute approximate surface area is 169 Å². The number of nitrogens with one attached hydrogen (secondary N) is 1. The van der Waals surface area contributed by atoms with Crippen molar-refractivity contribution in [2.45, 2.75) is 18.1 Å². The average Bonchev–Trinajstić information content (AvgIpc) is 2.99. The number of benzene rings is 2. The third-order valence-electron chi connectivity index (χ3n) is 4.48. The zero-order chi connectivity index (χ0) is 19.9. The van der Waals surface area contributed by atoms with Gasteiger partial charge in [-0.15, -0.1) is 0 Å². The molecule has 0 aliphatic carbocycles. The van der Waals surface area contributed by atoms with Crippen molar-refractivity contribution in [3.8, 4) is 5.75 Å². The number of para-hydroxylation sites is 2. The normalized spacial score (nSPS) is 17.1. The molecule has 1 aliphatic rings. The largest absolute Gasteiger partial charge is 0.495 e. The van der Waals surface area contributed by atoms with Crippen LogP contribution in [0.5, 0.6) is 5.75 Å². The Morgan fingerprint density at radius 3 is 2.61 bits per heavy atom. The van der Waals surface area contributed by atoms with E-state index >= 15 is 0 Å². The molecule has 1 unspecified atom stereocenters. The second kappa shape index (κ2) is 9.41. The average molecular weight is 398 g/mol. The van der Waals surface area contributed by atoms with E-state index in [0.717, 1.165) is 11.3 Å². The van der Waals surface area contributed by atoms with Crippen LogP contribution >= 0.6 is 11.8 Å². The fourth-order valence-electron chi connectivity index (χ4n) is 3.00. The van der Waals surface area contributed by atoms with Crippen LogP contribution in [0.1, 0.15) is 12.0 Å². The van der Waals surface area contributed by atoms with E-state index in [0.29, 0.717) is 23.9 Å². The van der Waals surface area contributed by atoms with Gasteiger partial charge in [-0.05, 0) is 24.1 Å². The Balaban J connectivity index is 1.62. The number of aliphatic imine (C=N–C) groups is 1. The first-order chi connectivity index (χ1) is 13.6. The number of nitrogens with zero attached hydrogens (tertiary/aromatic N) is 2. The van der Waals surface area contributed by atoms with Crippen LogP contribution in [0.15, 0.2) is 59.6 Å². The Morgan fingerprint density at radius 2 is 1.89 bits per heavy atom. The van der Waals surface area contributed by atoms with Crippen LogP contribution in [0.25, 0.3) is 0 Å². The smallest absolute Gasteiger partial charge is 0.243 e. The maximum absolute atomic E-state index is 12.7. The number of anilines is 1. The van der Waals surface area contributed by atoms with Gasteiger partial charge in [0.15, 0.2) is 5.17 Å². The number of hydrogen-bond acceptors (Lipinski definition) is 5. The van der Waals surface area contributed by atoms with Crippen molar-refractivity contribution in [2.24, 2.45) is 4.99 Å². The molecule has 1 atom stereocenters. The van der Waals surface area contributed by atoms with Crippen LogP contribution in [0.3, 0.4) is 0 Å². The summed E-state index contributed by atoms with van der Waals surface area (Å²) in [4.78, 5) is 30.7. The van der Waals surface area contributed by atoms with E-state index in [1.807, 2.05) is 54.6 Å². The summed E-state index contributed by atoms with van der Waals surface area (Å²) in [7, 11) is 3.25. The molecule has 7 heteroatoms. The predicted octanol–water partition coefficient (Wildman–Crippen LogP) is 3.20. The predicted molar refractivity (Wildman–Crippen MR) is 113 cm³/mol. The minimum Gasteiger partial charge on any atom is -0.495 e. The van der Waals surface area contributed by atoms with Crippen molar-refractivity contribution in [1.29, 1.82) is 0 Å². The summed E-state index contributed by atoms with van der Waals surface area (Å²) in [5.74, 6) is 0.391. The van der Waals surface area contributed by atoms with Crippen molar-refractivity contribution >= 4 is 34.4 Å². The summed E-state index contributed by atoms with van der Waals surface area (Å²) in [5, 5.41) is 3.29. The molecule has 1 heterocycles. The molecular formula is C21H23N3O3S. The molecule has 2 aromatic rings. The van der Waals surface area contributed by atoms with E-state index in [4.69, 9.17) is 4.74 Å². The molecule has 1 fully saturated rings. The zero-order valence-corrected chi connectivity index (χ0v) is 16.7. The molecule has 2 amide bonds. The molecule has 0 bridgehead atoms. The minimum absolute atomic E-state index is 0.133. The molecule has 2 aromatic carbocycles. The highest BCUT2D eigenvalue weighted by molar-refractivity contribution is 8.15. The first-order valence-electron chi connectivity index (χ1n) is 9.04. The number of methoxy groups -OCH3 is 1. The summed E-state index contributed by atoms with van der Waals surface area (Å²) in [6.45, 7) is 0.400. The van der Waals surface area contributed by atoms with Crippen LogP contribution in [-0.4, -0.2) is 47.8 Å². The molecule has 0 aromatic heterocycles. The standard InChI is InChI=1S/C21H23N3O3S/c1-22-21(23-16-10-6-7-11-17(16)27-2)28-18-14-19(25)24(20(18)26)13-12-15-8-4-3-5-9-15/h3-11,18H,12-14H2,1-2H3,(H,22,23). The molecule has 0 spiro atoms. The molecule has 1 N–H and O–H groups in total. The first kappa shape index (κ1) is 19.9. The number of carbonyl (C=O) groups is 2. The molecule has 0 saturated carbocycles. The first-order valence-corrected chi connectivity index (χ1v) is 9.92. The maximum atomic E-state index is 12.7. The summed E-state index contributed by atoms with van der Waals surface area (Å²) in [5.41, 5.74) is 1.86. The van der Waals surface area contributed by atoms with Crippen LogP contribution in [0, 0.1) is 0 Å². The highest BCUT2D eigenvalue weighted by Crippen LogP contribution is 2.29. The lowest BCUT2D eigenvalue weighted by molar-refractivity contribution is -0.138. The Morgan fingerprint density at radius 1 is 1.18 bits per heavy atom. The molecule has 0 radical (unpaired) electrons. The van der Waals surface area contributed by atoms with Gasteiger partial charge in [0, 0.05) is 20.0 Å². The van der Waals surface area contributed by atoms with E-state index < -0.39 is 5.25 Å². The molecular weight excluding hydrogens is 374 g/mol. The fraction of sp³-hybridized carbons (Fsp3) is 0.286. The lowest BCUT2D eigenvalue weighted by Crippen LogP contribution is -2.33. The SMILES string of the molecule is CN=C(Nc1ccccc1OC)SC1CC(=O)N(CCc2ccccc2)C1=O. The highest BCUT2D eigenvalue weighted by Gasteiger charge is 2.39. The Bertz CT molecular complexity index is 870. The molecule has 6 nitrogen and oxygen atoms in total. The number of imide groups is 1. The second-order valence-corrected chi connectivity index (χ2v) is 7.48. The molecule has 28 heavy (non-hydrogen) atoms. The lowest BCUT2D eigenvalue weighted by atomic mass is 10.1. The van der Waals surface area contributed by atoms with E-state index in [1.54, 1.807) is 14.2 Å². The fourth-order valence-corrected chi connectivity index (χ4v) is 4.00. The van der Waals surface area contributed by atoms with Crippen molar-refractivity contribution in [3.05, 3.63) is 60.2 Å². The van der Waals surface area contributed by atoms with Gasteiger partial charge in [-0.25, -0.2) is 0 Å². The monoisotopic (exact) mass is 397 g/mol. The van der Waals surface area contributed by atoms with Crippen molar-refractivity contribution in [1.82, 2.24) is 4.90 Å². The number of rotatable bonds is 6. The van der Waals surface area contributed by atoms with Crippen molar-refractivity contribution in [3.63, 3.8) is 0 Å². The van der Waals surface area contributed by atoms with Crippen LogP contribution in [-0.2, 0) is 16.0 Å². The van der Waals surface area contributed by atoms with Crippen molar-refractivity contribution in [2.75, 3.05) is 26.0 Å². The van der Waals surface area contributed by atoms with Gasteiger partial charge in [0.05, 0.1) is 12.8 Å². The maximum Gasteiger partial charge on any atom is 0.243 e. The number of carbonyl (C=O) groups excluding carboxylic acids is 2. The Hall–Kier alpha value is -2.80. The topological polar surface area (TPSA) is 71.0 Å². The number of amidine groups is 1. The third-order valence-corrected chi connectivity index (χ3v) is 5.64. The molecule has 1 aliphatic heterocycles. The number of thioether (sulfide) groups is 1. The molecule has 3 rings (SSSR count). The van der Waals surface area contributed by atoms with Gasteiger partial charge in [-0.3, -0.25) is 19.5 Å². The number of ether oxygens (including phenoxy) is 1. The Kier molecular flexibility index (Phi) is 6.71. The van der Waals surface area contributed by atoms with E-state index in [2.05, 4.69) is 10.3 Å². The van der Waals surface area contributed by atoms with Gasteiger partial charge < -0.3 is 10.1 Å². The zero-order valence-electron chi connectivity index (χ0n) is 15.9. The summed E-state index contributed by atoms with van der Waals surface area (Å²) < 4.78 is 5.33. The van der Waals surface area contributed by atoms with E-state index in [-0.39, 0.29) is 18.2 Å². The van der Waals surface area contributed by atoms with E-state index in [1.165, 1.54) is 16.7 Å². The van der Waals surface area contributed by atoms with Crippen molar-refractivity contribution < 1.29 is 14.3 Å². The van der Waals surface area contributed by atoms with Gasteiger partial charge in [-0.2, -0.15) is 0 Å². The quantitative estimate of drug-likeness (QED) is 0.460. The van der Waals surface area contributed by atoms with Crippen LogP contribution in [0.2, 0.25) is 0 Å². The number of likely N-dealkylation sites (tertiary alicyclic amines) is 1. The lowest BCUT2D eigenvalue weighted by Gasteiger charge is -2.16. The van der Waals surface area contributed by atoms with Crippen LogP contribution < -0.4 is 10.1 Å². The van der Waals surface area contributed by atoms with E-state index in [9.17, 15) is 9.59 Å². The van der Waals surface area contributed by atoms with Gasteiger partial charge in [0.2, 0.25) is 11.8 Å². The number of amides is 2. The van der Waals surface area contributed by atoms with Crippen LogP contribution in [0.4, 0.5) is 5.69 Å². The summed E-state index contributed by atoms with van der Waals surface area (Å²) in [6.07, 6.45) is 0.842. The second-order valence-electron chi connectivity index (χ2n) is 6.28. The van der Waals surface area contributed by atoms with Gasteiger partial charge in [-0.1, -0.05) is 54.2 Å². The highest BCUT2D eigenvalue weighted by atomic mass is 32.2. The summed E-state index contributed by atoms with van der Waals surface area (Å²) in [6, 6.07) is 17.3. The number of hydrogen-bond donors (Lipinski definition) is 1. The third kappa shape index (κ3) is 4.72. The van der Waals surface area contributed by atoms with Gasteiger partial charge >= 0.3 is 0 Å². The summed E-state index contributed by atoms with van der Waals surface area (Å²) >= 11 is 1.27. The minimum atomic E-state index is -0.468. The molecule has 146 valence electrons. The van der Waals surface area contributed by atoms with Gasteiger partial charge in [0.25, 0.3) is 0 Å². The molecule has 1 saturated heterocycles.